The van der Waals surface area contributed by atoms with E-state index in [0.29, 0.717) is 6.61 Å². The highest BCUT2D eigenvalue weighted by molar-refractivity contribution is 5.21. The molecule has 0 bridgehead atoms. The number of nitrogens with zero attached hydrogens (tertiary/aromatic N) is 1. The summed E-state index contributed by atoms with van der Waals surface area (Å²) in [5.41, 5.74) is 2.59. The van der Waals surface area contributed by atoms with E-state index >= 15 is 0 Å². The second-order valence-corrected chi connectivity index (χ2v) is 5.65. The van der Waals surface area contributed by atoms with Gasteiger partial charge in [0.25, 0.3) is 0 Å². The Hall–Kier alpha value is -0.900. The molecule has 1 N–H and O–H groups in total. The van der Waals surface area contributed by atoms with E-state index in [0.717, 1.165) is 19.0 Å². The van der Waals surface area contributed by atoms with Crippen LogP contribution in [0.1, 0.15) is 24.0 Å². The number of methoxy groups -OCH3 is 1. The number of benzene rings is 1. The number of rotatable bonds is 6. The van der Waals surface area contributed by atoms with Crippen LogP contribution in [-0.2, 0) is 17.9 Å². The minimum atomic E-state index is 0.697. The van der Waals surface area contributed by atoms with Gasteiger partial charge in [-0.1, -0.05) is 24.3 Å². The van der Waals surface area contributed by atoms with Gasteiger partial charge in [0, 0.05) is 20.2 Å². The summed E-state index contributed by atoms with van der Waals surface area (Å²) in [6.45, 7) is 5.29. The van der Waals surface area contributed by atoms with Crippen LogP contribution < -0.4 is 5.32 Å². The van der Waals surface area contributed by atoms with Crippen molar-refractivity contribution in [1.29, 1.82) is 0 Å². The number of ether oxygens (including phenoxy) is 1. The summed E-state index contributed by atoms with van der Waals surface area (Å²) in [4.78, 5) is 2.44. The second kappa shape index (κ2) is 7.63. The number of nitrogens with one attached hydrogen (secondary N) is 1. The fourth-order valence-corrected chi connectivity index (χ4v) is 2.78. The van der Waals surface area contributed by atoms with E-state index in [1.54, 1.807) is 7.11 Å². The van der Waals surface area contributed by atoms with E-state index in [1.807, 2.05) is 0 Å². The zero-order valence-electron chi connectivity index (χ0n) is 12.2. The van der Waals surface area contributed by atoms with Crippen LogP contribution in [0.15, 0.2) is 24.3 Å². The lowest BCUT2D eigenvalue weighted by molar-refractivity contribution is 0.185. The highest BCUT2D eigenvalue weighted by Gasteiger charge is 2.16. The first-order valence-corrected chi connectivity index (χ1v) is 7.24. The number of hydrogen-bond acceptors (Lipinski definition) is 3. The van der Waals surface area contributed by atoms with E-state index in [-0.39, 0.29) is 0 Å². The molecule has 1 aliphatic heterocycles. The molecule has 0 radical (unpaired) electrons. The fourth-order valence-electron chi connectivity index (χ4n) is 2.78. The fraction of sp³-hybridized carbons (Fsp3) is 0.625. The number of likely N-dealkylation sites (tertiary alicyclic amines) is 1. The summed E-state index contributed by atoms with van der Waals surface area (Å²) < 4.78 is 5.12. The highest BCUT2D eigenvalue weighted by atomic mass is 16.5. The first-order chi connectivity index (χ1) is 9.28. The minimum Gasteiger partial charge on any atom is -0.380 e. The van der Waals surface area contributed by atoms with Crippen molar-refractivity contribution >= 4 is 0 Å². The van der Waals surface area contributed by atoms with Gasteiger partial charge >= 0.3 is 0 Å². The Morgan fingerprint density at radius 1 is 1.26 bits per heavy atom. The largest absolute Gasteiger partial charge is 0.380 e. The monoisotopic (exact) mass is 262 g/mol. The molecule has 0 saturated carbocycles. The summed E-state index contributed by atoms with van der Waals surface area (Å²) in [7, 11) is 3.96. The smallest absolute Gasteiger partial charge is 0.0713 e. The number of hydrogen-bond donors (Lipinski definition) is 1. The minimum absolute atomic E-state index is 0.697. The quantitative estimate of drug-likeness (QED) is 0.851. The van der Waals surface area contributed by atoms with Crippen LogP contribution in [0.3, 0.4) is 0 Å². The molecule has 3 heteroatoms. The van der Waals surface area contributed by atoms with Crippen molar-refractivity contribution in [2.75, 3.05) is 33.8 Å². The molecule has 1 fully saturated rings. The molecular weight excluding hydrogens is 236 g/mol. The van der Waals surface area contributed by atoms with Crippen molar-refractivity contribution in [3.8, 4) is 0 Å². The molecule has 2 rings (SSSR count). The van der Waals surface area contributed by atoms with Gasteiger partial charge < -0.3 is 15.0 Å². The Bertz CT molecular complexity index is 364. The molecule has 1 aliphatic rings. The lowest BCUT2D eigenvalue weighted by atomic mass is 9.98. The van der Waals surface area contributed by atoms with E-state index in [9.17, 15) is 0 Å². The Morgan fingerprint density at radius 2 is 2.00 bits per heavy atom. The van der Waals surface area contributed by atoms with E-state index in [4.69, 9.17) is 4.74 Å². The standard InChI is InChI=1S/C16H26N2O/c1-18-9-3-4-16(12-18)11-17-10-14-5-7-15(8-6-14)13-19-2/h5-8,16-17H,3-4,9-13H2,1-2H3. The lowest BCUT2D eigenvalue weighted by Crippen LogP contribution is -2.37. The molecule has 1 unspecified atom stereocenters. The molecule has 19 heavy (non-hydrogen) atoms. The molecule has 1 saturated heterocycles. The molecular formula is C16H26N2O. The normalized spacial score (nSPS) is 20.6. The van der Waals surface area contributed by atoms with Crippen molar-refractivity contribution < 1.29 is 4.74 Å². The molecule has 0 aliphatic carbocycles. The molecule has 1 aromatic carbocycles. The highest BCUT2D eigenvalue weighted by Crippen LogP contribution is 2.14. The third kappa shape index (κ3) is 4.94. The Morgan fingerprint density at radius 3 is 2.68 bits per heavy atom. The SMILES string of the molecule is COCc1ccc(CNCC2CCCN(C)C2)cc1. The molecule has 1 atom stereocenters. The third-order valence-electron chi connectivity index (χ3n) is 3.82. The molecule has 1 heterocycles. The van der Waals surface area contributed by atoms with Crippen LogP contribution in [0, 0.1) is 5.92 Å². The maximum absolute atomic E-state index is 5.12. The van der Waals surface area contributed by atoms with E-state index < -0.39 is 0 Å². The van der Waals surface area contributed by atoms with Gasteiger partial charge in [0.2, 0.25) is 0 Å². The molecule has 3 nitrogen and oxygen atoms in total. The lowest BCUT2D eigenvalue weighted by Gasteiger charge is -2.29. The molecule has 106 valence electrons. The summed E-state index contributed by atoms with van der Waals surface area (Å²) in [5.74, 6) is 0.812. The predicted molar refractivity (Wildman–Crippen MR) is 79.1 cm³/mol. The van der Waals surface area contributed by atoms with Crippen LogP contribution >= 0.6 is 0 Å². The number of piperidine rings is 1. The molecule has 1 aromatic rings. The summed E-state index contributed by atoms with van der Waals surface area (Å²) >= 11 is 0. The van der Waals surface area contributed by atoms with Gasteiger partial charge in [0.1, 0.15) is 0 Å². The molecule has 0 amide bonds. The second-order valence-electron chi connectivity index (χ2n) is 5.65. The summed E-state index contributed by atoms with van der Waals surface area (Å²) in [5, 5.41) is 3.59. The van der Waals surface area contributed by atoms with Gasteiger partial charge in [-0.3, -0.25) is 0 Å². The predicted octanol–water partition coefficient (Wildman–Crippen LogP) is 2.26. The van der Waals surface area contributed by atoms with Crippen LogP contribution in [-0.4, -0.2) is 38.7 Å². The van der Waals surface area contributed by atoms with Crippen LogP contribution in [0.25, 0.3) is 0 Å². The van der Waals surface area contributed by atoms with Crippen molar-refractivity contribution in [3.05, 3.63) is 35.4 Å². The van der Waals surface area contributed by atoms with Gasteiger partial charge in [-0.05, 0) is 50.0 Å². The van der Waals surface area contributed by atoms with Gasteiger partial charge in [-0.25, -0.2) is 0 Å². The zero-order valence-corrected chi connectivity index (χ0v) is 12.2. The van der Waals surface area contributed by atoms with E-state index in [1.165, 1.54) is 37.1 Å². The first kappa shape index (κ1) is 14.5. The van der Waals surface area contributed by atoms with E-state index in [2.05, 4.69) is 41.5 Å². The van der Waals surface area contributed by atoms with Crippen molar-refractivity contribution in [2.45, 2.75) is 26.0 Å². The summed E-state index contributed by atoms with van der Waals surface area (Å²) in [6.07, 6.45) is 2.71. The average molecular weight is 262 g/mol. The van der Waals surface area contributed by atoms with Crippen LogP contribution in [0.2, 0.25) is 0 Å². The Balaban J connectivity index is 1.70. The Kier molecular flexibility index (Phi) is 5.83. The Labute approximate surface area is 116 Å². The topological polar surface area (TPSA) is 24.5 Å². The van der Waals surface area contributed by atoms with Crippen molar-refractivity contribution in [2.24, 2.45) is 5.92 Å². The summed E-state index contributed by atoms with van der Waals surface area (Å²) in [6, 6.07) is 8.67. The maximum Gasteiger partial charge on any atom is 0.0713 e. The van der Waals surface area contributed by atoms with Crippen molar-refractivity contribution in [3.63, 3.8) is 0 Å². The van der Waals surface area contributed by atoms with Gasteiger partial charge in [0.05, 0.1) is 6.61 Å². The van der Waals surface area contributed by atoms with Gasteiger partial charge in [-0.15, -0.1) is 0 Å². The van der Waals surface area contributed by atoms with Gasteiger partial charge in [0.15, 0.2) is 0 Å². The third-order valence-corrected chi connectivity index (χ3v) is 3.82. The average Bonchev–Trinajstić information content (AvgIpc) is 2.41. The molecule has 0 spiro atoms. The maximum atomic E-state index is 5.12. The van der Waals surface area contributed by atoms with Gasteiger partial charge in [-0.2, -0.15) is 0 Å². The van der Waals surface area contributed by atoms with Crippen LogP contribution in [0.5, 0.6) is 0 Å². The van der Waals surface area contributed by atoms with Crippen molar-refractivity contribution in [1.82, 2.24) is 10.2 Å². The molecule has 0 aromatic heterocycles. The first-order valence-electron chi connectivity index (χ1n) is 7.24. The zero-order chi connectivity index (χ0) is 13.5. The van der Waals surface area contributed by atoms with Crippen LogP contribution in [0.4, 0.5) is 0 Å².